The van der Waals surface area contributed by atoms with E-state index in [1.165, 1.54) is 23.9 Å². The highest BCUT2D eigenvalue weighted by Gasteiger charge is 2.35. The first-order chi connectivity index (χ1) is 9.36. The van der Waals surface area contributed by atoms with Crippen LogP contribution >= 0.6 is 23.1 Å². The van der Waals surface area contributed by atoms with Gasteiger partial charge in [0.2, 0.25) is 0 Å². The summed E-state index contributed by atoms with van der Waals surface area (Å²) in [6.07, 6.45) is -3.28. The third kappa shape index (κ3) is 3.94. The molecule has 0 aliphatic carbocycles. The molecule has 1 aromatic heterocycles. The highest BCUT2D eigenvalue weighted by atomic mass is 32.2. The summed E-state index contributed by atoms with van der Waals surface area (Å²) in [6.45, 7) is 0. The van der Waals surface area contributed by atoms with Crippen LogP contribution in [0.3, 0.4) is 0 Å². The van der Waals surface area contributed by atoms with Crippen molar-refractivity contribution in [2.75, 3.05) is 5.75 Å². The van der Waals surface area contributed by atoms with Gasteiger partial charge in [-0.25, -0.2) is 9.37 Å². The number of thioether (sulfide) groups is 1. The Balaban J connectivity index is 1.96. The fraction of sp³-hybridized carbons (Fsp3) is 0.250. The molecule has 0 amide bonds. The van der Waals surface area contributed by atoms with E-state index in [9.17, 15) is 17.6 Å². The summed E-state index contributed by atoms with van der Waals surface area (Å²) in [5.74, 6) is 0.0569. The minimum absolute atomic E-state index is 0.337. The van der Waals surface area contributed by atoms with Gasteiger partial charge < -0.3 is 5.73 Å². The van der Waals surface area contributed by atoms with Crippen molar-refractivity contribution in [2.45, 2.75) is 17.1 Å². The quantitative estimate of drug-likeness (QED) is 0.680. The molecule has 1 unspecified atom stereocenters. The Labute approximate surface area is 121 Å². The van der Waals surface area contributed by atoms with E-state index < -0.39 is 17.2 Å². The van der Waals surface area contributed by atoms with Crippen LogP contribution in [0, 0.1) is 5.82 Å². The fourth-order valence-electron chi connectivity index (χ4n) is 1.39. The zero-order valence-electron chi connectivity index (χ0n) is 10.0. The number of halogens is 4. The number of hydrogen-bond acceptors (Lipinski definition) is 4. The van der Waals surface area contributed by atoms with Crippen molar-refractivity contribution < 1.29 is 17.6 Å². The molecule has 0 bridgehead atoms. The van der Waals surface area contributed by atoms with Crippen LogP contribution in [-0.4, -0.2) is 10.7 Å². The van der Waals surface area contributed by atoms with Crippen LogP contribution in [0.25, 0.3) is 0 Å². The average Bonchev–Trinajstić information content (AvgIpc) is 2.87. The first-order valence-electron chi connectivity index (χ1n) is 5.53. The number of thiazole rings is 1. The summed E-state index contributed by atoms with van der Waals surface area (Å²) in [5.41, 5.74) is 5.84. The number of benzene rings is 1. The van der Waals surface area contributed by atoms with E-state index in [0.29, 0.717) is 22.0 Å². The molecule has 20 heavy (non-hydrogen) atoms. The Morgan fingerprint density at radius 3 is 2.45 bits per heavy atom. The summed E-state index contributed by atoms with van der Waals surface area (Å²) in [7, 11) is 0. The average molecular weight is 322 g/mol. The van der Waals surface area contributed by atoms with Gasteiger partial charge in [0, 0.05) is 21.7 Å². The first kappa shape index (κ1) is 15.3. The second-order valence-corrected chi connectivity index (χ2v) is 6.09. The van der Waals surface area contributed by atoms with E-state index >= 15 is 0 Å². The van der Waals surface area contributed by atoms with Gasteiger partial charge in [0.15, 0.2) is 5.01 Å². The third-order valence-electron chi connectivity index (χ3n) is 2.37. The van der Waals surface area contributed by atoms with Crippen molar-refractivity contribution in [1.82, 2.24) is 4.98 Å². The van der Waals surface area contributed by atoms with E-state index in [0.717, 1.165) is 11.1 Å². The zero-order chi connectivity index (χ0) is 14.8. The van der Waals surface area contributed by atoms with Crippen molar-refractivity contribution in [3.05, 3.63) is 46.2 Å². The van der Waals surface area contributed by atoms with Crippen LogP contribution in [0.4, 0.5) is 17.6 Å². The Morgan fingerprint density at radius 1 is 1.25 bits per heavy atom. The molecule has 2 N–H and O–H groups in total. The lowest BCUT2D eigenvalue weighted by Crippen LogP contribution is -2.11. The lowest BCUT2D eigenvalue weighted by molar-refractivity contribution is -0.137. The Bertz CT molecular complexity index is 566. The maximum absolute atomic E-state index is 12.7. The summed E-state index contributed by atoms with van der Waals surface area (Å²) in [5, 5.41) is -0.894. The molecule has 0 saturated heterocycles. The van der Waals surface area contributed by atoms with Crippen LogP contribution in [0.5, 0.6) is 0 Å². The van der Waals surface area contributed by atoms with Gasteiger partial charge in [0.1, 0.15) is 5.82 Å². The smallest absolute Gasteiger partial charge is 0.323 e. The predicted molar refractivity (Wildman–Crippen MR) is 71.2 cm³/mol. The topological polar surface area (TPSA) is 38.9 Å². The maximum Gasteiger partial charge on any atom is 0.443 e. The number of nitrogens with zero attached hydrogens (tertiary/aromatic N) is 1. The summed E-state index contributed by atoms with van der Waals surface area (Å²) < 4.78 is 50.0. The fourth-order valence-corrected chi connectivity index (χ4v) is 3.16. The predicted octanol–water partition coefficient (Wildman–Crippen LogP) is 4.09. The second-order valence-electron chi connectivity index (χ2n) is 3.94. The molecular weight excluding hydrogens is 312 g/mol. The van der Waals surface area contributed by atoms with Gasteiger partial charge in [-0.15, -0.1) is 23.1 Å². The van der Waals surface area contributed by atoms with Crippen molar-refractivity contribution in [2.24, 2.45) is 5.73 Å². The van der Waals surface area contributed by atoms with Gasteiger partial charge in [-0.1, -0.05) is 0 Å². The standard InChI is InChI=1S/C12H10F4N2S2/c13-7-1-3-8(4-2-7)19-6-9(17)10-5-18-11(20-10)12(14,15)16/h1-5,9H,6,17H2. The van der Waals surface area contributed by atoms with Gasteiger partial charge in [-0.3, -0.25) is 0 Å². The van der Waals surface area contributed by atoms with Crippen LogP contribution in [0.15, 0.2) is 35.4 Å². The van der Waals surface area contributed by atoms with Crippen molar-refractivity contribution in [1.29, 1.82) is 0 Å². The third-order valence-corrected chi connectivity index (χ3v) is 4.68. The lowest BCUT2D eigenvalue weighted by Gasteiger charge is -2.08. The molecule has 0 saturated carbocycles. The van der Waals surface area contributed by atoms with Crippen LogP contribution < -0.4 is 5.73 Å². The van der Waals surface area contributed by atoms with Gasteiger partial charge >= 0.3 is 6.18 Å². The van der Waals surface area contributed by atoms with Crippen LogP contribution in [-0.2, 0) is 6.18 Å². The zero-order valence-corrected chi connectivity index (χ0v) is 11.7. The molecule has 1 heterocycles. The summed E-state index contributed by atoms with van der Waals surface area (Å²) in [6, 6.07) is 5.30. The summed E-state index contributed by atoms with van der Waals surface area (Å²) >= 11 is 1.91. The molecule has 0 aliphatic rings. The van der Waals surface area contributed by atoms with Gasteiger partial charge in [-0.2, -0.15) is 13.2 Å². The van der Waals surface area contributed by atoms with E-state index in [-0.39, 0.29) is 5.82 Å². The highest BCUT2D eigenvalue weighted by Crippen LogP contribution is 2.35. The van der Waals surface area contributed by atoms with E-state index in [4.69, 9.17) is 5.73 Å². The number of nitrogens with two attached hydrogens (primary N) is 1. The van der Waals surface area contributed by atoms with Crippen LogP contribution in [0.1, 0.15) is 15.9 Å². The SMILES string of the molecule is NC(CSc1ccc(F)cc1)c1cnc(C(F)(F)F)s1. The molecule has 2 nitrogen and oxygen atoms in total. The van der Waals surface area contributed by atoms with Crippen LogP contribution in [0.2, 0.25) is 0 Å². The highest BCUT2D eigenvalue weighted by molar-refractivity contribution is 7.99. The lowest BCUT2D eigenvalue weighted by atomic mass is 10.3. The normalized spacial score (nSPS) is 13.4. The van der Waals surface area contributed by atoms with Gasteiger partial charge in [0.05, 0.1) is 6.04 Å². The molecule has 0 radical (unpaired) electrons. The molecular formula is C12H10F4N2S2. The number of hydrogen-bond donors (Lipinski definition) is 1. The first-order valence-corrected chi connectivity index (χ1v) is 7.33. The maximum atomic E-state index is 12.7. The Morgan fingerprint density at radius 2 is 1.90 bits per heavy atom. The molecule has 0 fully saturated rings. The number of alkyl halides is 3. The molecule has 2 rings (SSSR count). The minimum atomic E-state index is -4.44. The Hall–Kier alpha value is -1.12. The molecule has 8 heteroatoms. The molecule has 108 valence electrons. The molecule has 0 aliphatic heterocycles. The molecule has 0 spiro atoms. The van der Waals surface area contributed by atoms with Gasteiger partial charge in [-0.05, 0) is 24.3 Å². The molecule has 1 aromatic carbocycles. The van der Waals surface area contributed by atoms with Crippen molar-refractivity contribution in [3.63, 3.8) is 0 Å². The van der Waals surface area contributed by atoms with E-state index in [1.54, 1.807) is 12.1 Å². The largest absolute Gasteiger partial charge is 0.443 e. The summed E-state index contributed by atoms with van der Waals surface area (Å²) in [4.78, 5) is 4.52. The molecule has 1 atom stereocenters. The number of rotatable bonds is 4. The van der Waals surface area contributed by atoms with Crippen molar-refractivity contribution in [3.8, 4) is 0 Å². The van der Waals surface area contributed by atoms with E-state index in [1.807, 2.05) is 0 Å². The molecule has 2 aromatic rings. The van der Waals surface area contributed by atoms with E-state index in [2.05, 4.69) is 4.98 Å². The second kappa shape index (κ2) is 6.11. The number of aromatic nitrogens is 1. The monoisotopic (exact) mass is 322 g/mol. The minimum Gasteiger partial charge on any atom is -0.323 e. The van der Waals surface area contributed by atoms with Gasteiger partial charge in [0.25, 0.3) is 0 Å². The Kier molecular flexibility index (Phi) is 4.66. The van der Waals surface area contributed by atoms with Crippen molar-refractivity contribution >= 4 is 23.1 Å².